The summed E-state index contributed by atoms with van der Waals surface area (Å²) in [6.45, 7) is 0. The molecule has 152 valence electrons. The maximum absolute atomic E-state index is 13.6. The van der Waals surface area contributed by atoms with Crippen LogP contribution >= 0.6 is 0 Å². The Morgan fingerprint density at radius 3 is 2.70 bits per heavy atom. The molecule has 0 atom stereocenters. The molecule has 1 aliphatic carbocycles. The van der Waals surface area contributed by atoms with Crippen LogP contribution in [0.3, 0.4) is 0 Å². The van der Waals surface area contributed by atoms with E-state index >= 15 is 0 Å². The Kier molecular flexibility index (Phi) is 4.19. The number of hydrogen-bond acceptors (Lipinski definition) is 6. The molecule has 30 heavy (non-hydrogen) atoms. The summed E-state index contributed by atoms with van der Waals surface area (Å²) in [5.41, 5.74) is 1.67. The van der Waals surface area contributed by atoms with Gasteiger partial charge in [0.15, 0.2) is 17.3 Å². The van der Waals surface area contributed by atoms with E-state index in [-0.39, 0.29) is 12.3 Å². The number of imide groups is 1. The van der Waals surface area contributed by atoms with E-state index in [0.29, 0.717) is 40.1 Å². The predicted molar refractivity (Wildman–Crippen MR) is 105 cm³/mol. The van der Waals surface area contributed by atoms with Gasteiger partial charge in [0, 0.05) is 35.0 Å². The van der Waals surface area contributed by atoms with E-state index in [1.165, 1.54) is 6.07 Å². The fourth-order valence-electron chi connectivity index (χ4n) is 3.22. The molecule has 8 nitrogen and oxygen atoms in total. The number of benzene rings is 1. The van der Waals surface area contributed by atoms with Crippen LogP contribution in [0.2, 0.25) is 0 Å². The Morgan fingerprint density at radius 1 is 1.17 bits per heavy atom. The molecule has 3 heterocycles. The summed E-state index contributed by atoms with van der Waals surface area (Å²) in [6.07, 6.45) is 5.21. The van der Waals surface area contributed by atoms with E-state index in [9.17, 15) is 18.4 Å². The minimum atomic E-state index is -0.968. The largest absolute Gasteiger partial charge is 0.367 e. The van der Waals surface area contributed by atoms with Crippen molar-refractivity contribution in [3.8, 4) is 0 Å². The van der Waals surface area contributed by atoms with Gasteiger partial charge in [-0.3, -0.25) is 14.9 Å². The summed E-state index contributed by atoms with van der Waals surface area (Å²) in [4.78, 5) is 27.9. The summed E-state index contributed by atoms with van der Waals surface area (Å²) in [5, 5.41) is 12.9. The third-order valence-electron chi connectivity index (χ3n) is 4.85. The van der Waals surface area contributed by atoms with Crippen LogP contribution in [0.5, 0.6) is 0 Å². The van der Waals surface area contributed by atoms with Crippen molar-refractivity contribution in [3.63, 3.8) is 0 Å². The summed E-state index contributed by atoms with van der Waals surface area (Å²) in [7, 11) is 0. The van der Waals surface area contributed by atoms with Crippen molar-refractivity contribution >= 4 is 40.9 Å². The molecular formula is C20H16F2N6O2. The highest BCUT2D eigenvalue weighted by Gasteiger charge is 2.25. The first-order valence-electron chi connectivity index (χ1n) is 9.38. The Bertz CT molecular complexity index is 1230. The zero-order valence-corrected chi connectivity index (χ0v) is 15.6. The van der Waals surface area contributed by atoms with E-state index < -0.39 is 17.5 Å². The van der Waals surface area contributed by atoms with Gasteiger partial charge in [-0.2, -0.15) is 9.61 Å². The number of rotatable bonds is 5. The van der Waals surface area contributed by atoms with E-state index in [0.717, 1.165) is 25.0 Å². The Morgan fingerprint density at radius 2 is 2.00 bits per heavy atom. The monoisotopic (exact) mass is 410 g/mol. The average Bonchev–Trinajstić information content (AvgIpc) is 3.34. The van der Waals surface area contributed by atoms with Gasteiger partial charge in [-0.05, 0) is 31.1 Å². The summed E-state index contributed by atoms with van der Waals surface area (Å²) < 4.78 is 28.4. The van der Waals surface area contributed by atoms with Crippen molar-refractivity contribution in [1.82, 2.24) is 19.9 Å². The summed E-state index contributed by atoms with van der Waals surface area (Å²) >= 11 is 0. The lowest BCUT2D eigenvalue weighted by atomic mass is 10.1. The van der Waals surface area contributed by atoms with Crippen LogP contribution in [0.1, 0.15) is 24.8 Å². The molecule has 1 aliphatic heterocycles. The van der Waals surface area contributed by atoms with Gasteiger partial charge in [0.05, 0.1) is 12.6 Å². The fourth-order valence-corrected chi connectivity index (χ4v) is 3.22. The highest BCUT2D eigenvalue weighted by Crippen LogP contribution is 2.29. The zero-order chi connectivity index (χ0) is 20.8. The first-order valence-corrected chi connectivity index (χ1v) is 9.38. The lowest BCUT2D eigenvalue weighted by molar-refractivity contribution is -0.124. The zero-order valence-electron chi connectivity index (χ0n) is 15.6. The third-order valence-corrected chi connectivity index (χ3v) is 4.85. The van der Waals surface area contributed by atoms with Crippen LogP contribution in [0.15, 0.2) is 36.0 Å². The quantitative estimate of drug-likeness (QED) is 0.442. The molecule has 0 radical (unpaired) electrons. The van der Waals surface area contributed by atoms with Crippen LogP contribution in [-0.2, 0) is 9.59 Å². The second-order valence-corrected chi connectivity index (χ2v) is 7.26. The van der Waals surface area contributed by atoms with Gasteiger partial charge >= 0.3 is 0 Å². The van der Waals surface area contributed by atoms with E-state index in [1.807, 2.05) is 0 Å². The number of aromatic nitrogens is 3. The van der Waals surface area contributed by atoms with Crippen LogP contribution in [0.4, 0.5) is 26.1 Å². The SMILES string of the molecule is O=C1CC(=Cc2cnn3c(NC4CC4)cc(Nc4ccc(F)c(F)c4)nc23)C(=O)N1. The Labute approximate surface area is 169 Å². The molecule has 5 rings (SSSR count). The van der Waals surface area contributed by atoms with Crippen molar-refractivity contribution in [2.75, 3.05) is 10.6 Å². The van der Waals surface area contributed by atoms with E-state index in [1.54, 1.807) is 22.9 Å². The van der Waals surface area contributed by atoms with Gasteiger partial charge in [-0.1, -0.05) is 0 Å². The lowest BCUT2D eigenvalue weighted by Gasteiger charge is -2.12. The van der Waals surface area contributed by atoms with E-state index in [2.05, 4.69) is 26.0 Å². The molecule has 0 spiro atoms. The molecule has 0 unspecified atom stereocenters. The van der Waals surface area contributed by atoms with Crippen molar-refractivity contribution < 1.29 is 18.4 Å². The molecule has 1 saturated carbocycles. The summed E-state index contributed by atoms with van der Waals surface area (Å²) in [6, 6.07) is 5.54. The molecule has 2 aromatic heterocycles. The van der Waals surface area contributed by atoms with Gasteiger partial charge in [0.25, 0.3) is 5.91 Å². The van der Waals surface area contributed by atoms with Crippen molar-refractivity contribution in [3.05, 3.63) is 53.2 Å². The number of amides is 2. The number of nitrogens with one attached hydrogen (secondary N) is 3. The van der Waals surface area contributed by atoms with Crippen molar-refractivity contribution in [1.29, 1.82) is 0 Å². The Hall–Kier alpha value is -3.82. The molecule has 3 aromatic rings. The molecule has 1 aromatic carbocycles. The first kappa shape index (κ1) is 18.2. The molecule has 1 saturated heterocycles. The standard InChI is InChI=1S/C20H16F2N6O2/c21-14-4-3-13(7-15(14)22)24-16-8-17(25-12-1-2-12)28-19(26-16)11(9-23-28)5-10-6-18(29)27-20(10)30/h3-5,7-9,12,25H,1-2,6H2,(H,24,26)(H,27,29,30). The van der Waals surface area contributed by atoms with Gasteiger partial charge < -0.3 is 10.6 Å². The minimum absolute atomic E-state index is 0.00382. The second kappa shape index (κ2) is 6.90. The molecule has 2 aliphatic rings. The smallest absolute Gasteiger partial charge is 0.254 e. The predicted octanol–water partition coefficient (Wildman–Crippen LogP) is 2.76. The number of carbonyl (C=O) groups excluding carboxylic acids is 2. The second-order valence-electron chi connectivity index (χ2n) is 7.26. The number of hydrogen-bond donors (Lipinski definition) is 3. The number of nitrogens with zero attached hydrogens (tertiary/aromatic N) is 3. The molecule has 3 N–H and O–H groups in total. The number of halogens is 2. The van der Waals surface area contributed by atoms with Gasteiger partial charge in [-0.25, -0.2) is 13.8 Å². The molecule has 0 bridgehead atoms. The molecular weight excluding hydrogens is 394 g/mol. The van der Waals surface area contributed by atoms with Crippen LogP contribution < -0.4 is 16.0 Å². The number of carbonyl (C=O) groups is 2. The fraction of sp³-hybridized carbons (Fsp3) is 0.200. The lowest BCUT2D eigenvalue weighted by Crippen LogP contribution is -2.19. The van der Waals surface area contributed by atoms with Crippen LogP contribution in [0, 0.1) is 11.6 Å². The van der Waals surface area contributed by atoms with Gasteiger partial charge in [-0.15, -0.1) is 0 Å². The number of anilines is 3. The average molecular weight is 410 g/mol. The van der Waals surface area contributed by atoms with Crippen molar-refractivity contribution in [2.24, 2.45) is 0 Å². The Balaban J connectivity index is 1.57. The third kappa shape index (κ3) is 3.47. The normalized spacial score (nSPS) is 17.6. The first-order chi connectivity index (χ1) is 14.5. The van der Waals surface area contributed by atoms with Gasteiger partial charge in [0.1, 0.15) is 11.6 Å². The van der Waals surface area contributed by atoms with Crippen molar-refractivity contribution in [2.45, 2.75) is 25.3 Å². The van der Waals surface area contributed by atoms with Crippen LogP contribution in [-0.4, -0.2) is 32.5 Å². The highest BCUT2D eigenvalue weighted by atomic mass is 19.2. The highest BCUT2D eigenvalue weighted by molar-refractivity contribution is 6.15. The number of fused-ring (bicyclic) bond motifs is 1. The molecule has 10 heteroatoms. The van der Waals surface area contributed by atoms with Gasteiger partial charge in [0.2, 0.25) is 5.91 Å². The van der Waals surface area contributed by atoms with Crippen LogP contribution in [0.25, 0.3) is 11.7 Å². The molecule has 2 fully saturated rings. The maximum Gasteiger partial charge on any atom is 0.254 e. The molecule has 2 amide bonds. The topological polar surface area (TPSA) is 100 Å². The maximum atomic E-state index is 13.6. The summed E-state index contributed by atoms with van der Waals surface area (Å²) in [5.74, 6) is -1.63. The minimum Gasteiger partial charge on any atom is -0.367 e. The van der Waals surface area contributed by atoms with E-state index in [4.69, 9.17) is 0 Å².